The smallest absolute Gasteiger partial charge is 0.144 e. The maximum absolute atomic E-state index is 9.18. The second-order valence-electron chi connectivity index (χ2n) is 4.63. The molecule has 2 aromatic heterocycles. The first-order valence-electron chi connectivity index (χ1n) is 6.51. The van der Waals surface area contributed by atoms with Gasteiger partial charge in [-0.25, -0.2) is 15.0 Å². The van der Waals surface area contributed by atoms with Gasteiger partial charge in [0.25, 0.3) is 0 Å². The van der Waals surface area contributed by atoms with E-state index >= 15 is 0 Å². The summed E-state index contributed by atoms with van der Waals surface area (Å²) in [5.74, 6) is 0.623. The number of anilines is 1. The maximum Gasteiger partial charge on any atom is 0.144 e. The summed E-state index contributed by atoms with van der Waals surface area (Å²) in [7, 11) is 0. The quantitative estimate of drug-likeness (QED) is 0.867. The van der Waals surface area contributed by atoms with E-state index < -0.39 is 0 Å². The highest BCUT2D eigenvalue weighted by atomic mass is 15.1. The van der Waals surface area contributed by atoms with Crippen molar-refractivity contribution in [1.29, 1.82) is 5.26 Å². The molecular weight excluding hydrogens is 252 g/mol. The third kappa shape index (κ3) is 2.58. The molecule has 2 N–H and O–H groups in total. The van der Waals surface area contributed by atoms with Crippen molar-refractivity contribution in [2.45, 2.75) is 12.5 Å². The van der Waals surface area contributed by atoms with Crippen molar-refractivity contribution in [3.05, 3.63) is 36.3 Å². The van der Waals surface area contributed by atoms with Gasteiger partial charge in [-0.05, 0) is 31.2 Å². The van der Waals surface area contributed by atoms with E-state index in [2.05, 4.69) is 31.7 Å². The Morgan fingerprint density at radius 3 is 2.95 bits per heavy atom. The van der Waals surface area contributed by atoms with Crippen molar-refractivity contribution < 1.29 is 0 Å². The first kappa shape index (κ1) is 12.5. The van der Waals surface area contributed by atoms with Crippen LogP contribution in [0.3, 0.4) is 0 Å². The van der Waals surface area contributed by atoms with Gasteiger partial charge >= 0.3 is 0 Å². The molecular formula is C14H14N6. The second-order valence-corrected chi connectivity index (χ2v) is 4.63. The van der Waals surface area contributed by atoms with Crippen molar-refractivity contribution >= 4 is 5.82 Å². The van der Waals surface area contributed by atoms with Crippen LogP contribution in [0.4, 0.5) is 5.82 Å². The van der Waals surface area contributed by atoms with Crippen LogP contribution in [-0.2, 0) is 0 Å². The van der Waals surface area contributed by atoms with E-state index in [1.54, 1.807) is 24.4 Å². The SMILES string of the molecule is N#Cc1ccc(-c2ccncn2)nc1NC1CCNC1. The van der Waals surface area contributed by atoms with Gasteiger partial charge in [-0.2, -0.15) is 5.26 Å². The molecule has 2 aromatic rings. The van der Waals surface area contributed by atoms with Gasteiger partial charge in [0.1, 0.15) is 18.2 Å². The predicted octanol–water partition coefficient (Wildman–Crippen LogP) is 1.18. The Kier molecular flexibility index (Phi) is 3.52. The van der Waals surface area contributed by atoms with E-state index in [1.807, 2.05) is 0 Å². The standard InChI is InChI=1S/C14H14N6/c15-7-10-1-2-13(12-4-6-17-9-18-12)20-14(10)19-11-3-5-16-8-11/h1-2,4,6,9,11,16H,3,5,8H2,(H,19,20). The summed E-state index contributed by atoms with van der Waals surface area (Å²) >= 11 is 0. The van der Waals surface area contributed by atoms with Crippen molar-refractivity contribution in [3.63, 3.8) is 0 Å². The monoisotopic (exact) mass is 266 g/mol. The Labute approximate surface area is 116 Å². The van der Waals surface area contributed by atoms with Gasteiger partial charge in [-0.3, -0.25) is 0 Å². The summed E-state index contributed by atoms with van der Waals surface area (Å²) in [6.45, 7) is 1.88. The van der Waals surface area contributed by atoms with E-state index in [1.165, 1.54) is 6.33 Å². The average Bonchev–Trinajstić information content (AvgIpc) is 3.01. The van der Waals surface area contributed by atoms with Crippen molar-refractivity contribution in [2.24, 2.45) is 0 Å². The molecule has 0 aliphatic carbocycles. The zero-order valence-electron chi connectivity index (χ0n) is 10.9. The first-order chi connectivity index (χ1) is 9.86. The van der Waals surface area contributed by atoms with Crippen LogP contribution in [0, 0.1) is 11.3 Å². The summed E-state index contributed by atoms with van der Waals surface area (Å²) in [6.07, 6.45) is 4.20. The molecule has 6 heteroatoms. The zero-order valence-corrected chi connectivity index (χ0v) is 10.9. The molecule has 3 rings (SSSR count). The van der Waals surface area contributed by atoms with Gasteiger partial charge in [0, 0.05) is 18.8 Å². The number of nitrogens with one attached hydrogen (secondary N) is 2. The maximum atomic E-state index is 9.18. The Balaban J connectivity index is 1.92. The van der Waals surface area contributed by atoms with Gasteiger partial charge in [-0.15, -0.1) is 0 Å². The van der Waals surface area contributed by atoms with Crippen molar-refractivity contribution in [3.8, 4) is 17.5 Å². The van der Waals surface area contributed by atoms with E-state index in [0.29, 0.717) is 17.4 Å². The van der Waals surface area contributed by atoms with E-state index in [4.69, 9.17) is 0 Å². The van der Waals surface area contributed by atoms with Crippen LogP contribution in [0.25, 0.3) is 11.4 Å². The molecule has 0 saturated carbocycles. The molecule has 1 atom stereocenters. The second kappa shape index (κ2) is 5.63. The fraction of sp³-hybridized carbons (Fsp3) is 0.286. The van der Waals surface area contributed by atoms with Crippen molar-refractivity contribution in [2.75, 3.05) is 18.4 Å². The normalized spacial score (nSPS) is 17.6. The summed E-state index contributed by atoms with van der Waals surface area (Å²) in [4.78, 5) is 12.6. The molecule has 3 heterocycles. The minimum atomic E-state index is 0.315. The van der Waals surface area contributed by atoms with Gasteiger partial charge in [0.15, 0.2) is 0 Å². The van der Waals surface area contributed by atoms with Crippen LogP contribution in [0.15, 0.2) is 30.7 Å². The molecule has 1 aliphatic heterocycles. The molecule has 20 heavy (non-hydrogen) atoms. The lowest BCUT2D eigenvalue weighted by Gasteiger charge is -2.14. The average molecular weight is 266 g/mol. The molecule has 1 fully saturated rings. The van der Waals surface area contributed by atoms with Crippen LogP contribution >= 0.6 is 0 Å². The predicted molar refractivity (Wildman–Crippen MR) is 74.9 cm³/mol. The van der Waals surface area contributed by atoms with E-state index in [-0.39, 0.29) is 0 Å². The molecule has 0 spiro atoms. The van der Waals surface area contributed by atoms with Gasteiger partial charge in [-0.1, -0.05) is 0 Å². The highest BCUT2D eigenvalue weighted by molar-refractivity contribution is 5.62. The molecule has 0 amide bonds. The Bertz CT molecular complexity index is 628. The van der Waals surface area contributed by atoms with Gasteiger partial charge < -0.3 is 10.6 Å². The van der Waals surface area contributed by atoms with Crippen LogP contribution < -0.4 is 10.6 Å². The van der Waals surface area contributed by atoms with Gasteiger partial charge in [0.05, 0.1) is 17.0 Å². The molecule has 1 saturated heterocycles. The number of hydrogen-bond acceptors (Lipinski definition) is 6. The Hall–Kier alpha value is -2.52. The highest BCUT2D eigenvalue weighted by Crippen LogP contribution is 2.20. The Morgan fingerprint density at radius 1 is 1.30 bits per heavy atom. The summed E-state index contributed by atoms with van der Waals surface area (Å²) in [6, 6.07) is 7.86. The molecule has 100 valence electrons. The molecule has 0 bridgehead atoms. The highest BCUT2D eigenvalue weighted by Gasteiger charge is 2.17. The topological polar surface area (TPSA) is 86.5 Å². The number of aromatic nitrogens is 3. The first-order valence-corrected chi connectivity index (χ1v) is 6.51. The number of nitrogens with zero attached hydrogens (tertiary/aromatic N) is 4. The van der Waals surface area contributed by atoms with Crippen molar-refractivity contribution in [1.82, 2.24) is 20.3 Å². The number of pyridine rings is 1. The lowest BCUT2D eigenvalue weighted by molar-refractivity contribution is 0.787. The summed E-state index contributed by atoms with van der Waals surface area (Å²) in [5.41, 5.74) is 2.03. The summed E-state index contributed by atoms with van der Waals surface area (Å²) in [5, 5.41) is 15.8. The van der Waals surface area contributed by atoms with Gasteiger partial charge in [0.2, 0.25) is 0 Å². The molecule has 6 nitrogen and oxygen atoms in total. The van der Waals surface area contributed by atoms with E-state index in [0.717, 1.165) is 30.9 Å². The van der Waals surface area contributed by atoms with E-state index in [9.17, 15) is 5.26 Å². The molecule has 0 radical (unpaired) electrons. The summed E-state index contributed by atoms with van der Waals surface area (Å²) < 4.78 is 0. The minimum Gasteiger partial charge on any atom is -0.365 e. The fourth-order valence-corrected chi connectivity index (χ4v) is 2.22. The number of rotatable bonds is 3. The largest absolute Gasteiger partial charge is 0.365 e. The van der Waals surface area contributed by atoms with Crippen LogP contribution in [0.2, 0.25) is 0 Å². The molecule has 1 unspecified atom stereocenters. The minimum absolute atomic E-state index is 0.315. The Morgan fingerprint density at radius 2 is 2.25 bits per heavy atom. The zero-order chi connectivity index (χ0) is 13.8. The number of nitriles is 1. The van der Waals surface area contributed by atoms with Crippen LogP contribution in [0.5, 0.6) is 0 Å². The molecule has 0 aromatic carbocycles. The third-order valence-electron chi connectivity index (χ3n) is 3.26. The molecule has 1 aliphatic rings. The van der Waals surface area contributed by atoms with Crippen LogP contribution in [0.1, 0.15) is 12.0 Å². The van der Waals surface area contributed by atoms with Crippen LogP contribution in [-0.4, -0.2) is 34.1 Å². The lowest BCUT2D eigenvalue weighted by atomic mass is 10.2. The number of hydrogen-bond donors (Lipinski definition) is 2. The lowest BCUT2D eigenvalue weighted by Crippen LogP contribution is -2.23. The fourth-order valence-electron chi connectivity index (χ4n) is 2.22. The third-order valence-corrected chi connectivity index (χ3v) is 3.26.